The monoisotopic (exact) mass is 578 g/mol. The van der Waals surface area contributed by atoms with E-state index in [1.807, 2.05) is 20.8 Å². The molecule has 0 fully saturated rings. The van der Waals surface area contributed by atoms with E-state index in [-0.39, 0.29) is 29.3 Å². The van der Waals surface area contributed by atoms with Crippen molar-refractivity contribution in [2.24, 2.45) is 5.92 Å². The molecule has 0 bridgehead atoms. The summed E-state index contributed by atoms with van der Waals surface area (Å²) in [6.45, 7) is 9.65. The lowest BCUT2D eigenvalue weighted by Crippen LogP contribution is -2.46. The third-order valence-electron chi connectivity index (χ3n) is 6.22. The fraction of sp³-hybridized carbons (Fsp3) is 0.607. The van der Waals surface area contributed by atoms with E-state index < -0.39 is 46.7 Å². The van der Waals surface area contributed by atoms with Crippen molar-refractivity contribution >= 4 is 34.8 Å². The van der Waals surface area contributed by atoms with Gasteiger partial charge in [-0.05, 0) is 30.2 Å². The molecule has 11 heteroatoms. The molecule has 220 valence electrons. The Balaban J connectivity index is 3.19. The second-order valence-corrected chi connectivity index (χ2v) is 10.6. The minimum absolute atomic E-state index is 0.0148. The summed E-state index contributed by atoms with van der Waals surface area (Å²) in [5.74, 6) is -11.1. The van der Waals surface area contributed by atoms with Gasteiger partial charge in [-0.1, -0.05) is 65.1 Å². The van der Waals surface area contributed by atoms with Crippen LogP contribution >= 0.6 is 11.8 Å². The Morgan fingerprint density at radius 2 is 1.49 bits per heavy atom. The summed E-state index contributed by atoms with van der Waals surface area (Å²) in [6, 6.07) is -0.361. The fourth-order valence-corrected chi connectivity index (χ4v) is 4.71. The van der Waals surface area contributed by atoms with Gasteiger partial charge in [0.15, 0.2) is 29.4 Å². The van der Waals surface area contributed by atoms with Gasteiger partial charge in [-0.25, -0.2) is 22.0 Å². The van der Waals surface area contributed by atoms with E-state index in [0.717, 1.165) is 43.9 Å². The summed E-state index contributed by atoms with van der Waals surface area (Å²) in [7, 11) is 0. The van der Waals surface area contributed by atoms with E-state index in [1.165, 1.54) is 6.92 Å². The molecule has 2 unspecified atom stereocenters. The van der Waals surface area contributed by atoms with Gasteiger partial charge in [-0.3, -0.25) is 15.0 Å². The normalized spacial score (nSPS) is 13.1. The Labute approximate surface area is 232 Å². The molecule has 0 saturated carbocycles. The smallest absolute Gasteiger partial charge is 0.303 e. The first-order valence-corrected chi connectivity index (χ1v) is 14.1. The topological polar surface area (TPSA) is 70.5 Å². The first kappa shape index (κ1) is 34.6. The van der Waals surface area contributed by atoms with Crippen LogP contribution in [0, 0.1) is 40.4 Å². The zero-order chi connectivity index (χ0) is 29.7. The number of ether oxygens (including phenoxy) is 1. The average Bonchev–Trinajstić information content (AvgIpc) is 2.89. The SMILES string of the molecule is CCCCCCN(C(=O)CCCC)C(CC(OC(C)=O)C(=N)S/C=C/c1c(F)c(F)c(F)c(F)c1F)C(C)C. The van der Waals surface area contributed by atoms with Crippen molar-refractivity contribution in [2.45, 2.75) is 98.1 Å². The summed E-state index contributed by atoms with van der Waals surface area (Å²) in [5, 5.41) is 9.23. The van der Waals surface area contributed by atoms with Crippen LogP contribution < -0.4 is 0 Å². The third-order valence-corrected chi connectivity index (χ3v) is 7.01. The Hall–Kier alpha value is -2.43. The molecule has 0 aliphatic rings. The highest BCUT2D eigenvalue weighted by atomic mass is 32.2. The van der Waals surface area contributed by atoms with Crippen LogP contribution in [0.15, 0.2) is 5.41 Å². The molecule has 0 radical (unpaired) electrons. The third kappa shape index (κ3) is 10.6. The summed E-state index contributed by atoms with van der Waals surface area (Å²) in [5.41, 5.74) is -1.14. The van der Waals surface area contributed by atoms with Gasteiger partial charge >= 0.3 is 5.97 Å². The standard InChI is InChI=1S/C28H39F5N2O3S/c1-6-8-10-11-14-35(22(37)12-9-7-2)20(17(3)4)16-21(38-18(5)36)28(34)39-15-13-19-23(29)25(31)27(33)26(32)24(19)30/h13,15,17,20-21,34H,6-12,14,16H2,1-5H3/b15-13+,34-28?. The lowest BCUT2D eigenvalue weighted by atomic mass is 9.95. The molecular formula is C28H39F5N2O3S. The molecule has 2 atom stereocenters. The Bertz CT molecular complexity index is 990. The number of esters is 1. The molecule has 0 aliphatic carbocycles. The van der Waals surface area contributed by atoms with Crippen molar-refractivity contribution in [1.82, 2.24) is 4.90 Å². The maximum absolute atomic E-state index is 14.0. The van der Waals surface area contributed by atoms with Gasteiger partial charge < -0.3 is 9.64 Å². The van der Waals surface area contributed by atoms with Crippen molar-refractivity contribution in [2.75, 3.05) is 6.54 Å². The summed E-state index contributed by atoms with van der Waals surface area (Å²) in [4.78, 5) is 26.8. The number of hydrogen-bond donors (Lipinski definition) is 1. The van der Waals surface area contributed by atoms with Gasteiger partial charge in [0.1, 0.15) is 5.04 Å². The van der Waals surface area contributed by atoms with Crippen molar-refractivity contribution in [1.29, 1.82) is 5.41 Å². The summed E-state index contributed by atoms with van der Waals surface area (Å²) < 4.78 is 73.6. The van der Waals surface area contributed by atoms with Crippen LogP contribution in [0.3, 0.4) is 0 Å². The number of hydrogen-bond acceptors (Lipinski definition) is 5. The zero-order valence-electron chi connectivity index (χ0n) is 23.2. The largest absolute Gasteiger partial charge is 0.455 e. The number of carbonyl (C=O) groups excluding carboxylic acids is 2. The maximum Gasteiger partial charge on any atom is 0.303 e. The molecule has 0 heterocycles. The molecule has 5 nitrogen and oxygen atoms in total. The number of nitrogens with one attached hydrogen (secondary N) is 1. The Morgan fingerprint density at radius 1 is 0.923 bits per heavy atom. The minimum Gasteiger partial charge on any atom is -0.455 e. The number of carbonyl (C=O) groups is 2. The van der Waals surface area contributed by atoms with Crippen LogP contribution in [0.1, 0.15) is 91.5 Å². The van der Waals surface area contributed by atoms with Crippen molar-refractivity contribution in [3.8, 4) is 0 Å². The molecule has 0 saturated heterocycles. The number of unbranched alkanes of at least 4 members (excludes halogenated alkanes) is 4. The Kier molecular flexibility index (Phi) is 15.3. The summed E-state index contributed by atoms with van der Waals surface area (Å²) >= 11 is 0.617. The number of halogens is 5. The molecule has 1 aromatic rings. The second kappa shape index (κ2) is 17.3. The highest BCUT2D eigenvalue weighted by Crippen LogP contribution is 2.27. The van der Waals surface area contributed by atoms with Gasteiger partial charge in [0.25, 0.3) is 0 Å². The predicted octanol–water partition coefficient (Wildman–Crippen LogP) is 8.01. The number of benzene rings is 1. The molecule has 0 aliphatic heterocycles. The maximum atomic E-state index is 14.0. The number of amides is 1. The second-order valence-electron chi connectivity index (χ2n) is 9.66. The van der Waals surface area contributed by atoms with E-state index in [0.29, 0.717) is 30.8 Å². The molecule has 39 heavy (non-hydrogen) atoms. The Morgan fingerprint density at radius 3 is 2.00 bits per heavy atom. The lowest BCUT2D eigenvalue weighted by Gasteiger charge is -2.37. The van der Waals surface area contributed by atoms with Gasteiger partial charge in [-0.2, -0.15) is 0 Å². The van der Waals surface area contributed by atoms with E-state index in [9.17, 15) is 31.5 Å². The number of thioether (sulfide) groups is 1. The van der Waals surface area contributed by atoms with Crippen LogP contribution in [-0.2, 0) is 14.3 Å². The molecule has 1 aromatic carbocycles. The van der Waals surface area contributed by atoms with Crippen LogP contribution in [-0.4, -0.2) is 40.5 Å². The molecule has 1 amide bonds. The van der Waals surface area contributed by atoms with Crippen LogP contribution in [0.5, 0.6) is 0 Å². The van der Waals surface area contributed by atoms with Crippen LogP contribution in [0.25, 0.3) is 6.08 Å². The number of nitrogens with zero attached hydrogens (tertiary/aromatic N) is 1. The van der Waals surface area contributed by atoms with Gasteiger partial charge in [0, 0.05) is 32.4 Å². The molecule has 0 spiro atoms. The van der Waals surface area contributed by atoms with Crippen molar-refractivity contribution in [3.63, 3.8) is 0 Å². The highest BCUT2D eigenvalue weighted by Gasteiger charge is 2.31. The quantitative estimate of drug-likeness (QED) is 0.0410. The van der Waals surface area contributed by atoms with Crippen molar-refractivity contribution < 1.29 is 36.3 Å². The predicted molar refractivity (Wildman–Crippen MR) is 145 cm³/mol. The highest BCUT2D eigenvalue weighted by molar-refractivity contribution is 8.16. The van der Waals surface area contributed by atoms with E-state index >= 15 is 0 Å². The van der Waals surface area contributed by atoms with Crippen molar-refractivity contribution in [3.05, 3.63) is 40.1 Å². The van der Waals surface area contributed by atoms with Gasteiger partial charge in [0.2, 0.25) is 11.7 Å². The first-order valence-electron chi connectivity index (χ1n) is 13.3. The lowest BCUT2D eigenvalue weighted by molar-refractivity contribution is -0.144. The number of rotatable bonds is 16. The van der Waals surface area contributed by atoms with Crippen LogP contribution in [0.4, 0.5) is 22.0 Å². The molecule has 1 N–H and O–H groups in total. The molecule has 0 aromatic heterocycles. The van der Waals surface area contributed by atoms with E-state index in [1.54, 1.807) is 4.90 Å². The van der Waals surface area contributed by atoms with Gasteiger partial charge in [0.05, 0.1) is 5.56 Å². The van der Waals surface area contributed by atoms with Crippen LogP contribution in [0.2, 0.25) is 0 Å². The molecular weight excluding hydrogens is 539 g/mol. The first-order chi connectivity index (χ1) is 18.4. The zero-order valence-corrected chi connectivity index (χ0v) is 24.0. The molecule has 1 rings (SSSR count). The van der Waals surface area contributed by atoms with E-state index in [4.69, 9.17) is 10.1 Å². The average molecular weight is 579 g/mol. The fourth-order valence-electron chi connectivity index (χ4n) is 4.06. The summed E-state index contributed by atoms with van der Waals surface area (Å²) in [6.07, 6.45) is 5.52. The minimum atomic E-state index is -2.26. The van der Waals surface area contributed by atoms with Gasteiger partial charge in [-0.15, -0.1) is 0 Å². The van der Waals surface area contributed by atoms with E-state index in [2.05, 4.69) is 6.92 Å².